The van der Waals surface area contributed by atoms with E-state index in [2.05, 4.69) is 20.6 Å². The zero-order chi connectivity index (χ0) is 23.6. The molecule has 0 atom stereocenters. The van der Waals surface area contributed by atoms with Crippen molar-refractivity contribution in [3.8, 4) is 17.2 Å². The molecule has 1 amide bonds. The number of halogens is 1. The lowest BCUT2D eigenvalue weighted by Crippen LogP contribution is -2.43. The normalized spacial score (nSPS) is 10.9. The standard InChI is InChI=1S/C25H31N5O3.HI/c1-18-5-9-20(10-6-18)24-29-21(17-33-24)15-27-25(28-16-23(31)30(2)3)26-14-13-19-7-11-22(32-4)12-8-19;/h5-12,17H,13-16H2,1-4H3,(H2,26,27,28);1H. The molecule has 3 rings (SSSR count). The van der Waals surface area contributed by atoms with Crippen LogP contribution in [-0.2, 0) is 17.8 Å². The third-order valence-corrected chi connectivity index (χ3v) is 5.02. The van der Waals surface area contributed by atoms with Crippen LogP contribution in [0.15, 0.2) is 64.2 Å². The van der Waals surface area contributed by atoms with Gasteiger partial charge in [0, 0.05) is 26.2 Å². The molecule has 0 aliphatic carbocycles. The summed E-state index contributed by atoms with van der Waals surface area (Å²) in [5.41, 5.74) is 3.98. The van der Waals surface area contributed by atoms with E-state index in [-0.39, 0.29) is 36.4 Å². The van der Waals surface area contributed by atoms with Crippen LogP contribution in [0.4, 0.5) is 0 Å². The number of likely N-dealkylation sites (N-methyl/N-ethyl adjacent to an activating group) is 1. The van der Waals surface area contributed by atoms with Crippen molar-refractivity contribution in [1.82, 2.24) is 20.5 Å². The van der Waals surface area contributed by atoms with Crippen molar-refractivity contribution in [2.75, 3.05) is 34.3 Å². The number of ether oxygens (including phenoxy) is 1. The first-order valence-corrected chi connectivity index (χ1v) is 10.8. The van der Waals surface area contributed by atoms with Gasteiger partial charge in [-0.3, -0.25) is 4.79 Å². The molecular formula is C25H32IN5O3. The van der Waals surface area contributed by atoms with Gasteiger partial charge in [0.2, 0.25) is 11.8 Å². The molecule has 0 aliphatic rings. The summed E-state index contributed by atoms with van der Waals surface area (Å²) in [6.45, 7) is 3.16. The molecule has 0 bridgehead atoms. The Balaban J connectivity index is 0.00000408. The molecular weight excluding hydrogens is 545 g/mol. The van der Waals surface area contributed by atoms with Gasteiger partial charge in [0.15, 0.2) is 5.96 Å². The quantitative estimate of drug-likeness (QED) is 0.229. The maximum atomic E-state index is 12.0. The predicted octanol–water partition coefficient (Wildman–Crippen LogP) is 3.64. The molecule has 34 heavy (non-hydrogen) atoms. The van der Waals surface area contributed by atoms with Crippen LogP contribution in [0.25, 0.3) is 11.5 Å². The van der Waals surface area contributed by atoms with Crippen LogP contribution in [0.5, 0.6) is 5.75 Å². The number of carbonyl (C=O) groups is 1. The molecule has 8 nitrogen and oxygen atoms in total. The summed E-state index contributed by atoms with van der Waals surface area (Å²) >= 11 is 0. The monoisotopic (exact) mass is 577 g/mol. The van der Waals surface area contributed by atoms with Gasteiger partial charge < -0.3 is 24.7 Å². The highest BCUT2D eigenvalue weighted by Crippen LogP contribution is 2.19. The number of nitrogens with zero attached hydrogens (tertiary/aromatic N) is 3. The summed E-state index contributed by atoms with van der Waals surface area (Å²) in [6, 6.07) is 15.9. The molecule has 182 valence electrons. The van der Waals surface area contributed by atoms with E-state index in [0.717, 1.165) is 17.7 Å². The topological polar surface area (TPSA) is 92.0 Å². The molecule has 0 unspecified atom stereocenters. The molecule has 1 aromatic heterocycles. The van der Waals surface area contributed by atoms with Gasteiger partial charge in [-0.05, 0) is 43.2 Å². The van der Waals surface area contributed by atoms with Crippen molar-refractivity contribution in [2.24, 2.45) is 4.99 Å². The number of aromatic nitrogens is 1. The molecule has 0 spiro atoms. The number of carbonyl (C=O) groups excluding carboxylic acids is 1. The molecule has 0 saturated carbocycles. The van der Waals surface area contributed by atoms with Crippen LogP contribution in [-0.4, -0.2) is 56.0 Å². The molecule has 0 aliphatic heterocycles. The highest BCUT2D eigenvalue weighted by molar-refractivity contribution is 14.0. The molecule has 3 aromatic rings. The molecule has 0 fully saturated rings. The lowest BCUT2D eigenvalue weighted by molar-refractivity contribution is -0.127. The first-order valence-electron chi connectivity index (χ1n) is 10.8. The predicted molar refractivity (Wildman–Crippen MR) is 145 cm³/mol. The summed E-state index contributed by atoms with van der Waals surface area (Å²) in [6.07, 6.45) is 2.41. The van der Waals surface area contributed by atoms with Gasteiger partial charge >= 0.3 is 0 Å². The fourth-order valence-electron chi connectivity index (χ4n) is 2.98. The van der Waals surface area contributed by atoms with Crippen LogP contribution in [0.3, 0.4) is 0 Å². The number of aryl methyl sites for hydroxylation is 1. The molecule has 9 heteroatoms. The Labute approximate surface area is 217 Å². The average molecular weight is 577 g/mol. The SMILES string of the molecule is COc1ccc(CCNC(=NCc2coc(-c3ccc(C)cc3)n2)NCC(=O)N(C)C)cc1.I. The van der Waals surface area contributed by atoms with Gasteiger partial charge in [-0.15, -0.1) is 24.0 Å². The van der Waals surface area contributed by atoms with E-state index in [9.17, 15) is 4.79 Å². The third kappa shape index (κ3) is 8.36. The number of hydrogen-bond acceptors (Lipinski definition) is 5. The first-order chi connectivity index (χ1) is 15.9. The van der Waals surface area contributed by atoms with Gasteiger partial charge in [-0.2, -0.15) is 0 Å². The molecule has 0 saturated heterocycles. The number of aliphatic imine (C=N–C) groups is 1. The Kier molecular flexibility index (Phi) is 10.9. The fourth-order valence-corrected chi connectivity index (χ4v) is 2.98. The number of rotatable bonds is 9. The Hall–Kier alpha value is -3.08. The summed E-state index contributed by atoms with van der Waals surface area (Å²) in [4.78, 5) is 22.7. The van der Waals surface area contributed by atoms with E-state index in [1.165, 1.54) is 16.0 Å². The fraction of sp³-hybridized carbons (Fsp3) is 0.320. The number of benzene rings is 2. The highest BCUT2D eigenvalue weighted by Gasteiger charge is 2.09. The zero-order valence-electron chi connectivity index (χ0n) is 20.0. The number of amides is 1. The minimum absolute atomic E-state index is 0. The second-order valence-corrected chi connectivity index (χ2v) is 7.84. The second-order valence-electron chi connectivity index (χ2n) is 7.84. The van der Waals surface area contributed by atoms with Gasteiger partial charge in [0.25, 0.3) is 0 Å². The molecule has 0 radical (unpaired) electrons. The van der Waals surface area contributed by atoms with E-state index in [4.69, 9.17) is 9.15 Å². The number of hydrogen-bond donors (Lipinski definition) is 2. The first kappa shape index (κ1) is 27.2. The number of oxazole rings is 1. The smallest absolute Gasteiger partial charge is 0.241 e. The Bertz CT molecular complexity index is 1060. The summed E-state index contributed by atoms with van der Waals surface area (Å²) in [5, 5.41) is 6.37. The van der Waals surface area contributed by atoms with Crippen molar-refractivity contribution in [2.45, 2.75) is 19.9 Å². The van der Waals surface area contributed by atoms with E-state index in [1.807, 2.05) is 55.5 Å². The maximum Gasteiger partial charge on any atom is 0.241 e. The molecule has 2 N–H and O–H groups in total. The molecule has 1 heterocycles. The Morgan fingerprint density at radius 2 is 1.79 bits per heavy atom. The maximum absolute atomic E-state index is 12.0. The van der Waals surface area contributed by atoms with Crippen molar-refractivity contribution in [1.29, 1.82) is 0 Å². The zero-order valence-corrected chi connectivity index (χ0v) is 22.3. The van der Waals surface area contributed by atoms with Crippen molar-refractivity contribution >= 4 is 35.8 Å². The Morgan fingerprint density at radius 3 is 2.44 bits per heavy atom. The average Bonchev–Trinajstić information content (AvgIpc) is 3.30. The van der Waals surface area contributed by atoms with Crippen LogP contribution < -0.4 is 15.4 Å². The molecule has 2 aromatic carbocycles. The van der Waals surface area contributed by atoms with Crippen LogP contribution in [0.2, 0.25) is 0 Å². The second kappa shape index (κ2) is 13.6. The summed E-state index contributed by atoms with van der Waals surface area (Å²) < 4.78 is 10.8. The van der Waals surface area contributed by atoms with Gasteiger partial charge in [0.05, 0.1) is 20.2 Å². The summed E-state index contributed by atoms with van der Waals surface area (Å²) in [7, 11) is 5.10. The minimum atomic E-state index is -0.0391. The van der Waals surface area contributed by atoms with Gasteiger partial charge in [-0.1, -0.05) is 29.8 Å². The highest BCUT2D eigenvalue weighted by atomic mass is 127. The van der Waals surface area contributed by atoms with Crippen LogP contribution >= 0.6 is 24.0 Å². The number of guanidine groups is 1. The van der Waals surface area contributed by atoms with Crippen molar-refractivity contribution in [3.05, 3.63) is 71.6 Å². The van der Waals surface area contributed by atoms with E-state index in [1.54, 1.807) is 27.5 Å². The van der Waals surface area contributed by atoms with E-state index < -0.39 is 0 Å². The third-order valence-electron chi connectivity index (χ3n) is 5.02. The number of methoxy groups -OCH3 is 1. The van der Waals surface area contributed by atoms with Gasteiger partial charge in [0.1, 0.15) is 17.7 Å². The van der Waals surface area contributed by atoms with E-state index >= 15 is 0 Å². The Morgan fingerprint density at radius 1 is 1.09 bits per heavy atom. The minimum Gasteiger partial charge on any atom is -0.497 e. The van der Waals surface area contributed by atoms with Gasteiger partial charge in [-0.25, -0.2) is 9.98 Å². The van der Waals surface area contributed by atoms with Crippen molar-refractivity contribution < 1.29 is 13.9 Å². The lowest BCUT2D eigenvalue weighted by atomic mass is 10.1. The summed E-state index contributed by atoms with van der Waals surface area (Å²) in [5.74, 6) is 1.89. The largest absolute Gasteiger partial charge is 0.497 e. The van der Waals surface area contributed by atoms with Crippen molar-refractivity contribution in [3.63, 3.8) is 0 Å². The lowest BCUT2D eigenvalue weighted by Gasteiger charge is -2.15. The number of nitrogens with one attached hydrogen (secondary N) is 2. The van der Waals surface area contributed by atoms with E-state index in [0.29, 0.717) is 30.6 Å². The van der Waals surface area contributed by atoms with Crippen LogP contribution in [0.1, 0.15) is 16.8 Å². The van der Waals surface area contributed by atoms with Crippen LogP contribution in [0, 0.1) is 6.92 Å².